The Labute approximate surface area is 158 Å². The fraction of sp³-hybridized carbons (Fsp3) is 0.286. The summed E-state index contributed by atoms with van der Waals surface area (Å²) in [4.78, 5) is 16.4. The molecule has 1 aromatic heterocycles. The molecule has 3 rings (SSSR count). The average Bonchev–Trinajstić information content (AvgIpc) is 3.16. The normalized spacial score (nSPS) is 10.6. The summed E-state index contributed by atoms with van der Waals surface area (Å²) in [5, 5.41) is 6.79. The van der Waals surface area contributed by atoms with E-state index in [1.54, 1.807) is 0 Å². The third-order valence-corrected chi connectivity index (χ3v) is 4.04. The van der Waals surface area contributed by atoms with Crippen LogP contribution in [0, 0.1) is 0 Å². The molecule has 1 heterocycles. The first-order chi connectivity index (χ1) is 13.2. The van der Waals surface area contributed by atoms with Crippen LogP contribution in [-0.4, -0.2) is 16.0 Å². The molecule has 0 unspecified atom stereocenters. The lowest BCUT2D eigenvalue weighted by Gasteiger charge is -2.12. The Morgan fingerprint density at radius 3 is 2.67 bits per heavy atom. The number of hydrogen-bond acceptors (Lipinski definition) is 5. The highest BCUT2D eigenvalue weighted by molar-refractivity contribution is 5.75. The van der Waals surface area contributed by atoms with Crippen LogP contribution in [0.25, 0.3) is 0 Å². The molecule has 0 aliphatic carbocycles. The van der Waals surface area contributed by atoms with E-state index in [9.17, 15) is 4.79 Å². The van der Waals surface area contributed by atoms with Crippen molar-refractivity contribution in [1.82, 2.24) is 15.5 Å². The van der Waals surface area contributed by atoms with E-state index in [-0.39, 0.29) is 5.91 Å². The molecule has 0 saturated carbocycles. The molecule has 6 nitrogen and oxygen atoms in total. The van der Waals surface area contributed by atoms with E-state index in [1.807, 2.05) is 61.5 Å². The highest BCUT2D eigenvalue weighted by Gasteiger charge is 2.09. The second-order valence-corrected chi connectivity index (χ2v) is 6.11. The number of ether oxygens (including phenoxy) is 1. The van der Waals surface area contributed by atoms with Crippen LogP contribution in [0.2, 0.25) is 0 Å². The molecule has 3 aromatic rings. The lowest BCUT2D eigenvalue weighted by molar-refractivity contribution is -0.121. The number of para-hydroxylation sites is 2. The number of aryl methyl sites for hydroxylation is 2. The maximum absolute atomic E-state index is 12.1. The minimum Gasteiger partial charge on any atom is -0.457 e. The van der Waals surface area contributed by atoms with Gasteiger partial charge in [-0.2, -0.15) is 4.98 Å². The molecule has 0 aliphatic rings. The molecule has 0 aliphatic heterocycles. The first-order valence-electron chi connectivity index (χ1n) is 9.13. The number of carbonyl (C=O) groups excluding carboxylic acids is 1. The van der Waals surface area contributed by atoms with E-state index in [1.165, 1.54) is 0 Å². The molecular weight excluding hydrogens is 342 g/mol. The molecule has 140 valence electrons. The predicted octanol–water partition coefficient (Wildman–Crippen LogP) is 4.06. The van der Waals surface area contributed by atoms with Crippen molar-refractivity contribution in [1.29, 1.82) is 0 Å². The van der Waals surface area contributed by atoms with Gasteiger partial charge >= 0.3 is 0 Å². The van der Waals surface area contributed by atoms with Crippen molar-refractivity contribution in [2.75, 3.05) is 0 Å². The van der Waals surface area contributed by atoms with Gasteiger partial charge in [0.15, 0.2) is 5.82 Å². The van der Waals surface area contributed by atoms with Gasteiger partial charge in [-0.3, -0.25) is 4.79 Å². The van der Waals surface area contributed by atoms with E-state index < -0.39 is 0 Å². The van der Waals surface area contributed by atoms with Crippen molar-refractivity contribution in [3.63, 3.8) is 0 Å². The van der Waals surface area contributed by atoms with Gasteiger partial charge in [0, 0.05) is 31.4 Å². The second kappa shape index (κ2) is 9.52. The van der Waals surface area contributed by atoms with Crippen LogP contribution in [0.15, 0.2) is 59.1 Å². The fourth-order valence-electron chi connectivity index (χ4n) is 2.58. The van der Waals surface area contributed by atoms with Gasteiger partial charge in [0.25, 0.3) is 0 Å². The first-order valence-corrected chi connectivity index (χ1v) is 9.13. The summed E-state index contributed by atoms with van der Waals surface area (Å²) in [5.41, 5.74) is 0.930. The van der Waals surface area contributed by atoms with E-state index in [4.69, 9.17) is 9.26 Å². The highest BCUT2D eigenvalue weighted by atomic mass is 16.5. The zero-order valence-corrected chi connectivity index (χ0v) is 15.4. The van der Waals surface area contributed by atoms with Gasteiger partial charge in [-0.1, -0.05) is 48.5 Å². The molecule has 0 atom stereocenters. The van der Waals surface area contributed by atoms with Crippen LogP contribution in [-0.2, 0) is 24.2 Å². The minimum absolute atomic E-state index is 0.0141. The lowest BCUT2D eigenvalue weighted by atomic mass is 10.2. The van der Waals surface area contributed by atoms with E-state index in [0.29, 0.717) is 37.5 Å². The van der Waals surface area contributed by atoms with Crippen LogP contribution >= 0.6 is 0 Å². The third kappa shape index (κ3) is 5.67. The van der Waals surface area contributed by atoms with Crippen molar-refractivity contribution >= 4 is 5.91 Å². The number of benzene rings is 2. The lowest BCUT2D eigenvalue weighted by Crippen LogP contribution is -2.22. The topological polar surface area (TPSA) is 77.2 Å². The fourth-order valence-corrected chi connectivity index (χ4v) is 2.58. The Morgan fingerprint density at radius 2 is 1.89 bits per heavy atom. The maximum Gasteiger partial charge on any atom is 0.226 e. The number of nitrogens with zero attached hydrogens (tertiary/aromatic N) is 2. The maximum atomic E-state index is 12.1. The number of rotatable bonds is 9. The Balaban J connectivity index is 1.47. The number of aromatic nitrogens is 2. The number of carbonyl (C=O) groups is 1. The standard InChI is InChI=1S/C21H23N3O3/c1-2-19-23-21(27-24-19)14-8-13-20(25)22-15-16-9-6-7-12-18(16)26-17-10-4-3-5-11-17/h3-7,9-12H,2,8,13-15H2,1H3,(H,22,25). The van der Waals surface area contributed by atoms with Gasteiger partial charge < -0.3 is 14.6 Å². The quantitative estimate of drug-likeness (QED) is 0.619. The molecule has 2 aromatic carbocycles. The molecule has 6 heteroatoms. The number of amides is 1. The number of nitrogens with one attached hydrogen (secondary N) is 1. The monoisotopic (exact) mass is 365 g/mol. The molecule has 1 N–H and O–H groups in total. The van der Waals surface area contributed by atoms with Crippen LogP contribution in [0.1, 0.15) is 37.0 Å². The summed E-state index contributed by atoms with van der Waals surface area (Å²) >= 11 is 0. The second-order valence-electron chi connectivity index (χ2n) is 6.11. The summed E-state index contributed by atoms with van der Waals surface area (Å²) in [6.07, 6.45) is 2.42. The summed E-state index contributed by atoms with van der Waals surface area (Å²) in [6, 6.07) is 17.3. The molecule has 0 bridgehead atoms. The first kappa shape index (κ1) is 18.6. The molecule has 0 saturated heterocycles. The van der Waals surface area contributed by atoms with Crippen LogP contribution in [0.4, 0.5) is 0 Å². The van der Waals surface area contributed by atoms with Crippen molar-refractivity contribution in [3.05, 3.63) is 71.9 Å². The van der Waals surface area contributed by atoms with Crippen molar-refractivity contribution in [2.45, 2.75) is 39.2 Å². The molecule has 0 spiro atoms. The van der Waals surface area contributed by atoms with Gasteiger partial charge in [-0.25, -0.2) is 0 Å². The Hall–Kier alpha value is -3.15. The average molecular weight is 365 g/mol. The Kier molecular flexibility index (Phi) is 6.57. The molecule has 0 fully saturated rings. The highest BCUT2D eigenvalue weighted by Crippen LogP contribution is 2.24. The molecule has 0 radical (unpaired) electrons. The smallest absolute Gasteiger partial charge is 0.226 e. The van der Waals surface area contributed by atoms with Crippen molar-refractivity contribution < 1.29 is 14.1 Å². The van der Waals surface area contributed by atoms with Gasteiger partial charge in [0.2, 0.25) is 11.8 Å². The summed E-state index contributed by atoms with van der Waals surface area (Å²) < 4.78 is 11.0. The molecule has 27 heavy (non-hydrogen) atoms. The third-order valence-electron chi connectivity index (χ3n) is 4.04. The zero-order chi connectivity index (χ0) is 18.9. The van der Waals surface area contributed by atoms with Crippen LogP contribution in [0.5, 0.6) is 11.5 Å². The van der Waals surface area contributed by atoms with E-state index in [0.717, 1.165) is 23.5 Å². The van der Waals surface area contributed by atoms with Crippen molar-refractivity contribution in [2.24, 2.45) is 0 Å². The van der Waals surface area contributed by atoms with Gasteiger partial charge in [-0.05, 0) is 24.6 Å². The zero-order valence-electron chi connectivity index (χ0n) is 15.4. The largest absolute Gasteiger partial charge is 0.457 e. The van der Waals surface area contributed by atoms with Gasteiger partial charge in [0.1, 0.15) is 11.5 Å². The Morgan fingerprint density at radius 1 is 1.11 bits per heavy atom. The van der Waals surface area contributed by atoms with E-state index in [2.05, 4.69) is 15.5 Å². The summed E-state index contributed by atoms with van der Waals surface area (Å²) in [5.74, 6) is 2.77. The summed E-state index contributed by atoms with van der Waals surface area (Å²) in [6.45, 7) is 2.39. The minimum atomic E-state index is -0.0141. The van der Waals surface area contributed by atoms with E-state index >= 15 is 0 Å². The predicted molar refractivity (Wildman–Crippen MR) is 101 cm³/mol. The van der Waals surface area contributed by atoms with Crippen molar-refractivity contribution in [3.8, 4) is 11.5 Å². The molecule has 1 amide bonds. The summed E-state index contributed by atoms with van der Waals surface area (Å²) in [7, 11) is 0. The number of hydrogen-bond donors (Lipinski definition) is 1. The Bertz CT molecular complexity index is 862. The van der Waals surface area contributed by atoms with Gasteiger partial charge in [0.05, 0.1) is 0 Å². The SMILES string of the molecule is CCc1noc(CCCC(=O)NCc2ccccc2Oc2ccccc2)n1. The van der Waals surface area contributed by atoms with Crippen LogP contribution in [0.3, 0.4) is 0 Å². The molecular formula is C21H23N3O3. The van der Waals surface area contributed by atoms with Crippen LogP contribution < -0.4 is 10.1 Å². The van der Waals surface area contributed by atoms with Gasteiger partial charge in [-0.15, -0.1) is 0 Å².